The Bertz CT molecular complexity index is 500. The number of halogens is 3. The third kappa shape index (κ3) is 2.40. The van der Waals surface area contributed by atoms with Crippen molar-refractivity contribution in [1.29, 1.82) is 0 Å². The Hall–Kier alpha value is -0.970. The van der Waals surface area contributed by atoms with Gasteiger partial charge in [0.05, 0.1) is 15.7 Å². The highest BCUT2D eigenvalue weighted by Crippen LogP contribution is 2.31. The zero-order valence-corrected chi connectivity index (χ0v) is 10.1. The maximum absolute atomic E-state index is 5.97. The SMILES string of the molecule is ClCc1nnc(Nc2cccc(Cl)c2Cl)o1. The number of hydrogen-bond acceptors (Lipinski definition) is 4. The average Bonchev–Trinajstić information content (AvgIpc) is 2.73. The standard InChI is InChI=1S/C9H6Cl3N3O/c10-4-7-14-15-9(16-7)13-6-3-1-2-5(11)8(6)12/h1-3H,4H2,(H,13,15). The zero-order valence-electron chi connectivity index (χ0n) is 7.88. The van der Waals surface area contributed by atoms with Crippen LogP contribution in [0.15, 0.2) is 22.6 Å². The summed E-state index contributed by atoms with van der Waals surface area (Å²) in [5.74, 6) is 0.500. The second kappa shape index (κ2) is 4.91. The molecule has 0 saturated carbocycles. The van der Waals surface area contributed by atoms with E-state index in [2.05, 4.69) is 15.5 Å². The lowest BCUT2D eigenvalue weighted by Gasteiger charge is -2.04. The lowest BCUT2D eigenvalue weighted by molar-refractivity contribution is 0.530. The van der Waals surface area contributed by atoms with Crippen LogP contribution in [0.1, 0.15) is 5.89 Å². The maximum atomic E-state index is 5.97. The number of benzene rings is 1. The first kappa shape index (κ1) is 11.5. The van der Waals surface area contributed by atoms with Gasteiger partial charge in [-0.1, -0.05) is 34.4 Å². The van der Waals surface area contributed by atoms with Gasteiger partial charge in [-0.05, 0) is 12.1 Å². The summed E-state index contributed by atoms with van der Waals surface area (Å²) in [5, 5.41) is 11.1. The van der Waals surface area contributed by atoms with E-state index in [4.69, 9.17) is 39.2 Å². The van der Waals surface area contributed by atoms with Crippen LogP contribution in [0, 0.1) is 0 Å². The number of nitrogens with zero attached hydrogens (tertiary/aromatic N) is 2. The second-order valence-corrected chi connectivity index (χ2v) is 3.91. The molecule has 1 aromatic heterocycles. The predicted molar refractivity (Wildman–Crippen MR) is 63.6 cm³/mol. The molecule has 16 heavy (non-hydrogen) atoms. The minimum atomic E-state index is 0.165. The summed E-state index contributed by atoms with van der Waals surface area (Å²) in [6.07, 6.45) is 0. The number of hydrogen-bond donors (Lipinski definition) is 1. The molecule has 0 bridgehead atoms. The van der Waals surface area contributed by atoms with E-state index in [0.29, 0.717) is 21.6 Å². The third-order valence-electron chi connectivity index (χ3n) is 1.77. The Morgan fingerprint density at radius 2 is 2.06 bits per heavy atom. The van der Waals surface area contributed by atoms with Gasteiger partial charge in [0.1, 0.15) is 5.88 Å². The topological polar surface area (TPSA) is 51.0 Å². The second-order valence-electron chi connectivity index (χ2n) is 2.86. The molecule has 1 aromatic carbocycles. The number of nitrogens with one attached hydrogen (secondary N) is 1. The fraction of sp³-hybridized carbons (Fsp3) is 0.111. The minimum Gasteiger partial charge on any atom is -0.407 e. The van der Waals surface area contributed by atoms with Gasteiger partial charge in [0.2, 0.25) is 5.89 Å². The molecule has 0 saturated heterocycles. The van der Waals surface area contributed by atoms with Crippen LogP contribution in [-0.2, 0) is 5.88 Å². The van der Waals surface area contributed by atoms with Crippen molar-refractivity contribution in [2.45, 2.75) is 5.88 Å². The average molecular weight is 279 g/mol. The summed E-state index contributed by atoms with van der Waals surface area (Å²) in [4.78, 5) is 0. The van der Waals surface area contributed by atoms with Crippen LogP contribution in [-0.4, -0.2) is 10.2 Å². The molecule has 0 atom stereocenters. The third-order valence-corrected chi connectivity index (χ3v) is 2.82. The molecule has 0 radical (unpaired) electrons. The summed E-state index contributed by atoms with van der Waals surface area (Å²) in [6, 6.07) is 5.42. The molecule has 4 nitrogen and oxygen atoms in total. The van der Waals surface area contributed by atoms with Gasteiger partial charge >= 0.3 is 6.01 Å². The van der Waals surface area contributed by atoms with Gasteiger partial charge < -0.3 is 9.73 Å². The number of aromatic nitrogens is 2. The molecule has 84 valence electrons. The van der Waals surface area contributed by atoms with Gasteiger partial charge in [-0.3, -0.25) is 0 Å². The van der Waals surface area contributed by atoms with E-state index in [1.807, 2.05) is 0 Å². The first-order valence-electron chi connectivity index (χ1n) is 4.30. The normalized spacial score (nSPS) is 10.4. The Balaban J connectivity index is 2.23. The summed E-state index contributed by atoms with van der Waals surface area (Å²) >= 11 is 17.4. The van der Waals surface area contributed by atoms with Crippen LogP contribution in [0.2, 0.25) is 10.0 Å². The molecular weight excluding hydrogens is 272 g/mol. The molecule has 1 heterocycles. The fourth-order valence-electron chi connectivity index (χ4n) is 1.07. The van der Waals surface area contributed by atoms with Crippen LogP contribution in [0.25, 0.3) is 0 Å². The van der Waals surface area contributed by atoms with E-state index < -0.39 is 0 Å². The lowest BCUT2D eigenvalue weighted by Crippen LogP contribution is -1.91. The van der Waals surface area contributed by atoms with E-state index in [1.54, 1.807) is 18.2 Å². The number of alkyl halides is 1. The van der Waals surface area contributed by atoms with E-state index in [1.165, 1.54) is 0 Å². The van der Waals surface area contributed by atoms with Gasteiger partial charge in [0.25, 0.3) is 0 Å². The monoisotopic (exact) mass is 277 g/mol. The number of anilines is 2. The first-order valence-corrected chi connectivity index (χ1v) is 5.59. The highest BCUT2D eigenvalue weighted by Gasteiger charge is 2.08. The maximum Gasteiger partial charge on any atom is 0.320 e. The van der Waals surface area contributed by atoms with Crippen LogP contribution in [0.4, 0.5) is 11.7 Å². The van der Waals surface area contributed by atoms with Crippen LogP contribution >= 0.6 is 34.8 Å². The molecule has 0 fully saturated rings. The van der Waals surface area contributed by atoms with E-state index >= 15 is 0 Å². The van der Waals surface area contributed by atoms with Gasteiger partial charge in [-0.2, -0.15) is 0 Å². The van der Waals surface area contributed by atoms with Gasteiger partial charge in [0.15, 0.2) is 0 Å². The van der Waals surface area contributed by atoms with E-state index in [-0.39, 0.29) is 11.9 Å². The number of rotatable bonds is 3. The highest BCUT2D eigenvalue weighted by molar-refractivity contribution is 6.43. The van der Waals surface area contributed by atoms with Crippen molar-refractivity contribution < 1.29 is 4.42 Å². The molecule has 0 amide bonds. The summed E-state index contributed by atoms with van der Waals surface area (Å²) in [6.45, 7) is 0. The Kier molecular flexibility index (Phi) is 3.53. The smallest absolute Gasteiger partial charge is 0.320 e. The van der Waals surface area contributed by atoms with Crippen molar-refractivity contribution in [3.05, 3.63) is 34.1 Å². The molecular formula is C9H6Cl3N3O. The van der Waals surface area contributed by atoms with Crippen LogP contribution in [0.5, 0.6) is 0 Å². The summed E-state index contributed by atoms with van der Waals surface area (Å²) in [7, 11) is 0. The zero-order chi connectivity index (χ0) is 11.5. The van der Waals surface area contributed by atoms with Gasteiger partial charge in [0, 0.05) is 0 Å². The van der Waals surface area contributed by atoms with Crippen molar-refractivity contribution in [2.24, 2.45) is 0 Å². The molecule has 0 aliphatic carbocycles. The van der Waals surface area contributed by atoms with Crippen molar-refractivity contribution >= 4 is 46.5 Å². The molecule has 0 aliphatic rings. The molecule has 7 heteroatoms. The molecule has 0 aliphatic heterocycles. The van der Waals surface area contributed by atoms with Crippen molar-refractivity contribution in [3.8, 4) is 0 Å². The molecule has 0 unspecified atom stereocenters. The van der Waals surface area contributed by atoms with Gasteiger partial charge in [-0.15, -0.1) is 16.7 Å². The molecule has 1 N–H and O–H groups in total. The predicted octanol–water partition coefficient (Wildman–Crippen LogP) is 3.86. The fourth-order valence-corrected chi connectivity index (χ4v) is 1.53. The molecule has 2 rings (SSSR count). The molecule has 2 aromatic rings. The van der Waals surface area contributed by atoms with Crippen molar-refractivity contribution in [2.75, 3.05) is 5.32 Å². The highest BCUT2D eigenvalue weighted by atomic mass is 35.5. The Morgan fingerprint density at radius 3 is 2.75 bits per heavy atom. The van der Waals surface area contributed by atoms with Gasteiger partial charge in [-0.25, -0.2) is 0 Å². The minimum absolute atomic E-state index is 0.165. The largest absolute Gasteiger partial charge is 0.407 e. The summed E-state index contributed by atoms with van der Waals surface area (Å²) < 4.78 is 5.16. The van der Waals surface area contributed by atoms with E-state index in [0.717, 1.165) is 0 Å². The van der Waals surface area contributed by atoms with E-state index in [9.17, 15) is 0 Å². The van der Waals surface area contributed by atoms with Crippen molar-refractivity contribution in [3.63, 3.8) is 0 Å². The first-order chi connectivity index (χ1) is 7.70. The van der Waals surface area contributed by atoms with Crippen LogP contribution in [0.3, 0.4) is 0 Å². The Labute approximate surface area is 107 Å². The molecule has 0 spiro atoms. The summed E-state index contributed by atoms with van der Waals surface area (Å²) in [5.41, 5.74) is 0.596. The lowest BCUT2D eigenvalue weighted by atomic mass is 10.3. The van der Waals surface area contributed by atoms with Crippen LogP contribution < -0.4 is 5.32 Å². The van der Waals surface area contributed by atoms with Crippen molar-refractivity contribution in [1.82, 2.24) is 10.2 Å². The quantitative estimate of drug-likeness (QED) is 0.866. The Morgan fingerprint density at radius 1 is 1.25 bits per heavy atom.